The van der Waals surface area contributed by atoms with Gasteiger partial charge in [0.15, 0.2) is 0 Å². The third-order valence-corrected chi connectivity index (χ3v) is 7.18. The van der Waals surface area contributed by atoms with Crippen molar-refractivity contribution in [2.75, 3.05) is 27.7 Å². The van der Waals surface area contributed by atoms with Crippen LogP contribution in [0.1, 0.15) is 35.3 Å². The van der Waals surface area contributed by atoms with Gasteiger partial charge in [-0.25, -0.2) is 8.42 Å². The number of nitrogens with zero attached hydrogens (tertiary/aromatic N) is 3. The fraction of sp³-hybridized carbons (Fsp3) is 0.333. The number of sulfonamides is 1. The Bertz CT molecular complexity index is 1140. The summed E-state index contributed by atoms with van der Waals surface area (Å²) in [6.45, 7) is 0.629. The summed E-state index contributed by atoms with van der Waals surface area (Å²) in [6.07, 6.45) is 3.77. The van der Waals surface area contributed by atoms with Crippen molar-refractivity contribution in [2.24, 2.45) is 0 Å². The lowest BCUT2D eigenvalue weighted by molar-refractivity contribution is -0.0258. The van der Waals surface area contributed by atoms with E-state index < -0.39 is 10.0 Å². The standard InChI is InChI=1S/C24H30N4O4S/c1-27(24(29)20-13-15-22(16-14-20)33(30,31)28(2)32-3)17-9-5-8-12-21-18-23(26-25-21)19-10-6-4-7-11-19/h4,6-7,10-11,13-16,18H,5,8-9,12,17H2,1-3H3,(H,25,26). The molecule has 0 aliphatic carbocycles. The number of hydrogen-bond donors (Lipinski definition) is 1. The van der Waals surface area contributed by atoms with Crippen molar-refractivity contribution < 1.29 is 18.0 Å². The van der Waals surface area contributed by atoms with Gasteiger partial charge in [-0.15, -0.1) is 0 Å². The summed E-state index contributed by atoms with van der Waals surface area (Å²) in [7, 11) is 0.622. The van der Waals surface area contributed by atoms with Gasteiger partial charge in [-0.3, -0.25) is 14.7 Å². The first-order chi connectivity index (χ1) is 15.8. The molecular weight excluding hydrogens is 440 g/mol. The number of aromatic nitrogens is 2. The number of aryl methyl sites for hydroxylation is 1. The van der Waals surface area contributed by atoms with Crippen molar-refractivity contribution >= 4 is 15.9 Å². The normalized spacial score (nSPS) is 11.6. The van der Waals surface area contributed by atoms with E-state index in [4.69, 9.17) is 4.84 Å². The number of nitrogens with one attached hydrogen (secondary N) is 1. The van der Waals surface area contributed by atoms with E-state index in [1.54, 1.807) is 11.9 Å². The molecule has 0 unspecified atom stereocenters. The van der Waals surface area contributed by atoms with Crippen LogP contribution in [0.3, 0.4) is 0 Å². The molecule has 3 rings (SSSR count). The van der Waals surface area contributed by atoms with Crippen LogP contribution in [-0.2, 0) is 21.3 Å². The summed E-state index contributed by atoms with van der Waals surface area (Å²) in [4.78, 5) is 19.1. The zero-order chi connectivity index (χ0) is 23.8. The van der Waals surface area contributed by atoms with Crippen molar-refractivity contribution in [2.45, 2.75) is 30.6 Å². The molecule has 0 bridgehead atoms. The Morgan fingerprint density at radius 3 is 2.36 bits per heavy atom. The molecule has 1 N–H and O–H groups in total. The van der Waals surface area contributed by atoms with Gasteiger partial charge in [0, 0.05) is 37.5 Å². The van der Waals surface area contributed by atoms with Crippen molar-refractivity contribution in [3.63, 3.8) is 0 Å². The molecule has 8 nitrogen and oxygen atoms in total. The minimum Gasteiger partial charge on any atom is -0.342 e. The molecule has 3 aromatic rings. The molecule has 0 fully saturated rings. The molecule has 0 atom stereocenters. The number of carbonyl (C=O) groups is 1. The van der Waals surface area contributed by atoms with Gasteiger partial charge in [-0.1, -0.05) is 41.2 Å². The summed E-state index contributed by atoms with van der Waals surface area (Å²) in [6, 6.07) is 18.0. The van der Waals surface area contributed by atoms with Crippen LogP contribution >= 0.6 is 0 Å². The molecule has 1 aromatic heterocycles. The molecule has 0 saturated carbocycles. The number of amides is 1. The Morgan fingerprint density at radius 1 is 1.00 bits per heavy atom. The molecule has 2 aromatic carbocycles. The summed E-state index contributed by atoms with van der Waals surface area (Å²) in [5, 5.41) is 7.48. The molecule has 1 heterocycles. The van der Waals surface area contributed by atoms with E-state index in [0.717, 1.165) is 47.1 Å². The Hall–Kier alpha value is -3.01. The van der Waals surface area contributed by atoms with Crippen LogP contribution in [0.25, 0.3) is 11.3 Å². The summed E-state index contributed by atoms with van der Waals surface area (Å²) < 4.78 is 25.3. The van der Waals surface area contributed by atoms with Gasteiger partial charge in [0.05, 0.1) is 17.7 Å². The van der Waals surface area contributed by atoms with E-state index in [1.165, 1.54) is 38.4 Å². The van der Waals surface area contributed by atoms with Crippen molar-refractivity contribution in [3.8, 4) is 11.3 Å². The fourth-order valence-corrected chi connectivity index (χ4v) is 4.40. The summed E-state index contributed by atoms with van der Waals surface area (Å²) in [5.41, 5.74) is 3.59. The first-order valence-corrected chi connectivity index (χ1v) is 12.2. The number of hydrogen-bond acceptors (Lipinski definition) is 5. The number of hydroxylamine groups is 1. The zero-order valence-corrected chi connectivity index (χ0v) is 20.0. The summed E-state index contributed by atoms with van der Waals surface area (Å²) >= 11 is 0. The summed E-state index contributed by atoms with van der Waals surface area (Å²) in [5.74, 6) is -0.139. The average Bonchev–Trinajstić information content (AvgIpc) is 3.32. The predicted molar refractivity (Wildman–Crippen MR) is 127 cm³/mol. The minimum absolute atomic E-state index is 0.0697. The number of H-pyrrole nitrogens is 1. The lowest BCUT2D eigenvalue weighted by Gasteiger charge is -2.18. The monoisotopic (exact) mass is 470 g/mol. The lowest BCUT2D eigenvalue weighted by atomic mass is 10.1. The molecule has 0 saturated heterocycles. The van der Waals surface area contributed by atoms with Gasteiger partial charge in [0.2, 0.25) is 0 Å². The van der Waals surface area contributed by atoms with E-state index >= 15 is 0 Å². The highest BCUT2D eigenvalue weighted by Crippen LogP contribution is 2.18. The second kappa shape index (κ2) is 11.2. The van der Waals surface area contributed by atoms with Gasteiger partial charge < -0.3 is 4.90 Å². The Balaban J connectivity index is 1.43. The Labute approximate surface area is 195 Å². The SMILES string of the molecule is CON(C)S(=O)(=O)c1ccc(C(=O)N(C)CCCCCc2cc(-c3ccccc3)n[nH]2)cc1. The van der Waals surface area contributed by atoms with E-state index in [-0.39, 0.29) is 10.8 Å². The molecule has 9 heteroatoms. The van der Waals surface area contributed by atoms with Crippen LogP contribution in [0.5, 0.6) is 0 Å². The van der Waals surface area contributed by atoms with Crippen LogP contribution < -0.4 is 0 Å². The van der Waals surface area contributed by atoms with Crippen LogP contribution in [-0.4, -0.2) is 61.6 Å². The molecule has 0 aliphatic heterocycles. The predicted octanol–water partition coefficient (Wildman–Crippen LogP) is 3.74. The highest BCUT2D eigenvalue weighted by atomic mass is 32.2. The molecule has 176 valence electrons. The maximum atomic E-state index is 12.6. The van der Waals surface area contributed by atoms with E-state index in [2.05, 4.69) is 16.3 Å². The number of carbonyl (C=O) groups excluding carboxylic acids is 1. The highest BCUT2D eigenvalue weighted by molar-refractivity contribution is 7.89. The van der Waals surface area contributed by atoms with E-state index in [1.807, 2.05) is 30.3 Å². The van der Waals surface area contributed by atoms with Crippen LogP contribution in [0.2, 0.25) is 0 Å². The maximum Gasteiger partial charge on any atom is 0.264 e. The van der Waals surface area contributed by atoms with Crippen molar-refractivity contribution in [3.05, 3.63) is 71.9 Å². The smallest absolute Gasteiger partial charge is 0.264 e. The highest BCUT2D eigenvalue weighted by Gasteiger charge is 2.21. The minimum atomic E-state index is -3.73. The van der Waals surface area contributed by atoms with E-state index in [9.17, 15) is 13.2 Å². The first kappa shape index (κ1) is 24.6. The Morgan fingerprint density at radius 2 is 1.70 bits per heavy atom. The van der Waals surface area contributed by atoms with Gasteiger partial charge in [0.25, 0.3) is 15.9 Å². The molecular formula is C24H30N4O4S. The second-order valence-electron chi connectivity index (χ2n) is 7.80. The maximum absolute atomic E-state index is 12.6. The quantitative estimate of drug-likeness (QED) is 0.340. The topological polar surface area (TPSA) is 95.6 Å². The van der Waals surface area contributed by atoms with Crippen molar-refractivity contribution in [1.82, 2.24) is 19.6 Å². The van der Waals surface area contributed by atoms with Crippen LogP contribution in [0, 0.1) is 0 Å². The first-order valence-electron chi connectivity index (χ1n) is 10.8. The van der Waals surface area contributed by atoms with Gasteiger partial charge >= 0.3 is 0 Å². The Kier molecular flexibility index (Phi) is 8.37. The van der Waals surface area contributed by atoms with Gasteiger partial charge in [-0.2, -0.15) is 5.10 Å². The number of benzene rings is 2. The van der Waals surface area contributed by atoms with Gasteiger partial charge in [-0.05, 0) is 49.6 Å². The molecule has 0 radical (unpaired) electrons. The van der Waals surface area contributed by atoms with Gasteiger partial charge in [0.1, 0.15) is 0 Å². The molecule has 0 aliphatic rings. The average molecular weight is 471 g/mol. The van der Waals surface area contributed by atoms with Crippen molar-refractivity contribution in [1.29, 1.82) is 0 Å². The number of rotatable bonds is 11. The van der Waals surface area contributed by atoms with Crippen LogP contribution in [0.15, 0.2) is 65.6 Å². The molecule has 1 amide bonds. The van der Waals surface area contributed by atoms with E-state index in [0.29, 0.717) is 12.1 Å². The fourth-order valence-electron chi connectivity index (χ4n) is 3.43. The third-order valence-electron chi connectivity index (χ3n) is 5.48. The molecule has 33 heavy (non-hydrogen) atoms. The number of aromatic amines is 1. The third kappa shape index (κ3) is 6.28. The number of unbranched alkanes of at least 4 members (excludes halogenated alkanes) is 2. The van der Waals surface area contributed by atoms with Crippen LogP contribution in [0.4, 0.5) is 0 Å². The molecule has 0 spiro atoms. The second-order valence-corrected chi connectivity index (χ2v) is 9.74. The zero-order valence-electron chi connectivity index (χ0n) is 19.2. The largest absolute Gasteiger partial charge is 0.342 e. The lowest BCUT2D eigenvalue weighted by Crippen LogP contribution is -2.28.